The second-order valence-electron chi connectivity index (χ2n) is 3.59. The van der Waals surface area contributed by atoms with E-state index >= 15 is 0 Å². The molecule has 0 fully saturated rings. The summed E-state index contributed by atoms with van der Waals surface area (Å²) in [5.74, 6) is 6.41. The lowest BCUT2D eigenvalue weighted by Gasteiger charge is -2.14. The van der Waals surface area contributed by atoms with Gasteiger partial charge in [0.2, 0.25) is 0 Å². The van der Waals surface area contributed by atoms with E-state index in [1.807, 2.05) is 36.4 Å². The van der Waals surface area contributed by atoms with Crippen molar-refractivity contribution >= 4 is 0 Å². The van der Waals surface area contributed by atoms with Crippen molar-refractivity contribution in [1.82, 2.24) is 0 Å². The Bertz CT molecular complexity index is 351. The maximum absolute atomic E-state index is 3.81. The van der Waals surface area contributed by atoms with E-state index in [-0.39, 0.29) is 5.41 Å². The summed E-state index contributed by atoms with van der Waals surface area (Å²) in [4.78, 5) is 0. The van der Waals surface area contributed by atoms with Gasteiger partial charge in [0.05, 0.1) is 0 Å². The Morgan fingerprint density at radius 3 is 2.50 bits per heavy atom. The lowest BCUT2D eigenvalue weighted by Crippen LogP contribution is -2.07. The van der Waals surface area contributed by atoms with Gasteiger partial charge in [-0.25, -0.2) is 0 Å². The van der Waals surface area contributed by atoms with Gasteiger partial charge in [-0.2, -0.15) is 0 Å². The molecule has 1 aromatic carbocycles. The highest BCUT2D eigenvalue weighted by Gasteiger charge is 2.12. The van der Waals surface area contributed by atoms with Crippen LogP contribution in [0.4, 0.5) is 0 Å². The molecule has 0 aliphatic rings. The Kier molecular flexibility index (Phi) is 3.54. The molecule has 0 heteroatoms. The summed E-state index contributed by atoms with van der Waals surface area (Å²) >= 11 is 0. The van der Waals surface area contributed by atoms with E-state index in [9.17, 15) is 0 Å². The number of allylic oxidation sites excluding steroid dienone is 1. The van der Waals surface area contributed by atoms with Crippen molar-refractivity contribution in [2.75, 3.05) is 0 Å². The summed E-state index contributed by atoms with van der Waals surface area (Å²) in [7, 11) is 0. The van der Waals surface area contributed by atoms with Crippen LogP contribution in [0, 0.1) is 17.3 Å². The average Bonchev–Trinajstić information content (AvgIpc) is 2.27. The van der Waals surface area contributed by atoms with Crippen molar-refractivity contribution in [1.29, 1.82) is 0 Å². The molecule has 0 saturated carbocycles. The Balaban J connectivity index is 2.87. The summed E-state index contributed by atoms with van der Waals surface area (Å²) in [5, 5.41) is 0. The van der Waals surface area contributed by atoms with Crippen LogP contribution in [0.5, 0.6) is 0 Å². The molecule has 0 aliphatic heterocycles. The molecule has 1 aromatic rings. The molecule has 0 N–H and O–H groups in total. The minimum atomic E-state index is -0.0597. The van der Waals surface area contributed by atoms with Crippen molar-refractivity contribution in [3.05, 3.63) is 48.6 Å². The summed E-state index contributed by atoms with van der Waals surface area (Å²) in [6.07, 6.45) is 2.92. The largest absolute Gasteiger partial charge is 0.102 e. The Labute approximate surface area is 86.7 Å². The SMILES string of the molecule is C=C[C@](C)(C#Cc1ccccc1)CC. The number of hydrogen-bond donors (Lipinski definition) is 0. The molecule has 0 amide bonds. The van der Waals surface area contributed by atoms with E-state index in [0.717, 1.165) is 12.0 Å². The zero-order valence-corrected chi connectivity index (χ0v) is 8.88. The van der Waals surface area contributed by atoms with Gasteiger partial charge in [0.15, 0.2) is 0 Å². The van der Waals surface area contributed by atoms with Crippen molar-refractivity contribution in [2.45, 2.75) is 20.3 Å². The third kappa shape index (κ3) is 2.78. The molecule has 0 saturated heterocycles. The zero-order valence-electron chi connectivity index (χ0n) is 8.88. The molecule has 1 atom stereocenters. The molecule has 0 radical (unpaired) electrons. The normalized spacial score (nSPS) is 13.6. The van der Waals surface area contributed by atoms with Gasteiger partial charge in [-0.05, 0) is 25.5 Å². The molecule has 14 heavy (non-hydrogen) atoms. The molecule has 0 unspecified atom stereocenters. The first-order valence-electron chi connectivity index (χ1n) is 4.92. The van der Waals surface area contributed by atoms with E-state index in [0.29, 0.717) is 0 Å². The molecule has 0 bridgehead atoms. The molecule has 0 heterocycles. The predicted octanol–water partition coefficient (Wildman–Crippen LogP) is 3.64. The highest BCUT2D eigenvalue weighted by molar-refractivity contribution is 5.36. The summed E-state index contributed by atoms with van der Waals surface area (Å²) < 4.78 is 0. The van der Waals surface area contributed by atoms with E-state index in [1.54, 1.807) is 0 Å². The first-order valence-corrected chi connectivity index (χ1v) is 4.92. The molecule has 72 valence electrons. The number of hydrogen-bond acceptors (Lipinski definition) is 0. The van der Waals surface area contributed by atoms with Gasteiger partial charge in [0, 0.05) is 11.0 Å². The van der Waals surface area contributed by atoms with Crippen molar-refractivity contribution < 1.29 is 0 Å². The smallest absolute Gasteiger partial charge is 0.0464 e. The van der Waals surface area contributed by atoms with Crippen LogP contribution in [0.3, 0.4) is 0 Å². The fourth-order valence-corrected chi connectivity index (χ4v) is 1.02. The van der Waals surface area contributed by atoms with Gasteiger partial charge in [0.1, 0.15) is 0 Å². The highest BCUT2D eigenvalue weighted by atomic mass is 14.1. The Morgan fingerprint density at radius 1 is 1.36 bits per heavy atom. The van der Waals surface area contributed by atoms with Crippen LogP contribution in [-0.2, 0) is 0 Å². The molecule has 0 spiro atoms. The van der Waals surface area contributed by atoms with Crippen LogP contribution < -0.4 is 0 Å². The fraction of sp³-hybridized carbons (Fsp3) is 0.286. The summed E-state index contributed by atoms with van der Waals surface area (Å²) in [6, 6.07) is 10.0. The zero-order chi connectivity index (χ0) is 10.4. The van der Waals surface area contributed by atoms with Gasteiger partial charge in [-0.15, -0.1) is 6.58 Å². The maximum atomic E-state index is 3.81. The quantitative estimate of drug-likeness (QED) is 0.486. The predicted molar refractivity (Wildman–Crippen MR) is 61.9 cm³/mol. The van der Waals surface area contributed by atoms with E-state index < -0.39 is 0 Å². The molecular formula is C14H16. The first-order chi connectivity index (χ1) is 6.70. The Morgan fingerprint density at radius 2 is 2.00 bits per heavy atom. The molecular weight excluding hydrogens is 168 g/mol. The standard InChI is InChI=1S/C14H16/c1-4-14(3,5-2)12-11-13-9-7-6-8-10-13/h4,6-10H,1,5H2,2-3H3/t14-/m0/s1. The van der Waals surface area contributed by atoms with E-state index in [4.69, 9.17) is 0 Å². The van der Waals surface area contributed by atoms with Gasteiger partial charge in [-0.1, -0.05) is 43.0 Å². The van der Waals surface area contributed by atoms with E-state index in [1.165, 1.54) is 0 Å². The second kappa shape index (κ2) is 4.67. The van der Waals surface area contributed by atoms with Gasteiger partial charge in [0.25, 0.3) is 0 Å². The first kappa shape index (κ1) is 10.6. The minimum absolute atomic E-state index is 0.0597. The lowest BCUT2D eigenvalue weighted by atomic mass is 9.88. The van der Waals surface area contributed by atoms with Crippen LogP contribution >= 0.6 is 0 Å². The maximum Gasteiger partial charge on any atom is 0.0464 e. The number of rotatable bonds is 2. The highest BCUT2D eigenvalue weighted by Crippen LogP contribution is 2.20. The monoisotopic (exact) mass is 184 g/mol. The fourth-order valence-electron chi connectivity index (χ4n) is 1.02. The van der Waals surface area contributed by atoms with Crippen LogP contribution in [-0.4, -0.2) is 0 Å². The second-order valence-corrected chi connectivity index (χ2v) is 3.59. The average molecular weight is 184 g/mol. The van der Waals surface area contributed by atoms with Crippen molar-refractivity contribution in [3.63, 3.8) is 0 Å². The van der Waals surface area contributed by atoms with Gasteiger partial charge >= 0.3 is 0 Å². The molecule has 1 rings (SSSR count). The van der Waals surface area contributed by atoms with Crippen molar-refractivity contribution in [2.24, 2.45) is 5.41 Å². The molecule has 0 aromatic heterocycles. The summed E-state index contributed by atoms with van der Waals surface area (Å²) in [5.41, 5.74) is 1.00. The van der Waals surface area contributed by atoms with Crippen molar-refractivity contribution in [3.8, 4) is 11.8 Å². The topological polar surface area (TPSA) is 0 Å². The molecule has 0 nitrogen and oxygen atoms in total. The number of benzene rings is 1. The van der Waals surface area contributed by atoms with Crippen LogP contribution in [0.2, 0.25) is 0 Å². The van der Waals surface area contributed by atoms with Crippen LogP contribution in [0.15, 0.2) is 43.0 Å². The lowest BCUT2D eigenvalue weighted by molar-refractivity contribution is 0.555. The third-order valence-electron chi connectivity index (χ3n) is 2.45. The van der Waals surface area contributed by atoms with E-state index in [2.05, 4.69) is 32.3 Å². The minimum Gasteiger partial charge on any atom is -0.102 e. The third-order valence-corrected chi connectivity index (χ3v) is 2.45. The molecule has 0 aliphatic carbocycles. The Hall–Kier alpha value is -1.48. The van der Waals surface area contributed by atoms with Crippen LogP contribution in [0.1, 0.15) is 25.8 Å². The van der Waals surface area contributed by atoms with Gasteiger partial charge < -0.3 is 0 Å². The van der Waals surface area contributed by atoms with Crippen LogP contribution in [0.25, 0.3) is 0 Å². The van der Waals surface area contributed by atoms with Gasteiger partial charge in [-0.3, -0.25) is 0 Å². The summed E-state index contributed by atoms with van der Waals surface area (Å²) in [6.45, 7) is 8.05.